The number of aromatic amines is 1. The highest BCUT2D eigenvalue weighted by atomic mass is 15.3. The van der Waals surface area contributed by atoms with Gasteiger partial charge < -0.3 is 4.90 Å². The van der Waals surface area contributed by atoms with E-state index in [1.807, 2.05) is 0 Å². The Morgan fingerprint density at radius 3 is 2.47 bits per heavy atom. The van der Waals surface area contributed by atoms with Crippen molar-refractivity contribution < 1.29 is 0 Å². The van der Waals surface area contributed by atoms with E-state index in [4.69, 9.17) is 0 Å². The lowest BCUT2D eigenvalue weighted by atomic mass is 10.1. The Bertz CT molecular complexity index is 470. The summed E-state index contributed by atoms with van der Waals surface area (Å²) in [6, 6.07) is 8.37. The maximum atomic E-state index is 4.24. The molecule has 90 valence electrons. The fraction of sp³-hybridized carbons (Fsp3) is 0.385. The second-order valence-electron chi connectivity index (χ2n) is 4.54. The van der Waals surface area contributed by atoms with Crippen LogP contribution in [0, 0.1) is 6.92 Å². The summed E-state index contributed by atoms with van der Waals surface area (Å²) >= 11 is 0. The Kier molecular flexibility index (Phi) is 3.54. The summed E-state index contributed by atoms with van der Waals surface area (Å²) in [4.78, 5) is 2.15. The van der Waals surface area contributed by atoms with E-state index in [2.05, 4.69) is 65.6 Å². The minimum absolute atomic E-state index is 0.909. The Morgan fingerprint density at radius 2 is 1.82 bits per heavy atom. The van der Waals surface area contributed by atoms with Crippen LogP contribution in [0.2, 0.25) is 0 Å². The van der Waals surface area contributed by atoms with Crippen LogP contribution in [-0.2, 0) is 6.42 Å². The molecule has 0 bridgehead atoms. The molecular weight excluding hydrogens is 212 g/mol. The number of likely N-dealkylation sites (N-methyl/N-ethyl adjacent to an activating group) is 1. The van der Waals surface area contributed by atoms with E-state index in [1.54, 1.807) is 0 Å². The monoisotopic (exact) mass is 230 g/mol. The van der Waals surface area contributed by atoms with Crippen molar-refractivity contribution in [1.82, 2.24) is 20.3 Å². The van der Waals surface area contributed by atoms with E-state index >= 15 is 0 Å². The molecule has 1 N–H and O–H groups in total. The highest BCUT2D eigenvalue weighted by molar-refractivity contribution is 5.61. The van der Waals surface area contributed by atoms with Gasteiger partial charge in [-0.05, 0) is 21.0 Å². The minimum Gasteiger partial charge on any atom is -0.309 e. The number of nitrogens with zero attached hydrogens (tertiary/aromatic N) is 3. The van der Waals surface area contributed by atoms with Crippen LogP contribution in [0.1, 0.15) is 11.3 Å². The highest BCUT2D eigenvalue weighted by Gasteiger charge is 2.09. The van der Waals surface area contributed by atoms with Crippen LogP contribution in [-0.4, -0.2) is 41.0 Å². The maximum Gasteiger partial charge on any atom is 0.116 e. The van der Waals surface area contributed by atoms with Gasteiger partial charge in [0.05, 0.1) is 5.69 Å². The quantitative estimate of drug-likeness (QED) is 0.872. The summed E-state index contributed by atoms with van der Waals surface area (Å²) in [6.45, 7) is 3.06. The third-order valence-electron chi connectivity index (χ3n) is 2.74. The van der Waals surface area contributed by atoms with Crippen LogP contribution < -0.4 is 0 Å². The van der Waals surface area contributed by atoms with Gasteiger partial charge in [0.15, 0.2) is 0 Å². The van der Waals surface area contributed by atoms with Gasteiger partial charge in [-0.3, -0.25) is 0 Å². The molecule has 0 unspecified atom stereocenters. The van der Waals surface area contributed by atoms with Crippen molar-refractivity contribution in [2.75, 3.05) is 20.6 Å². The molecule has 0 fully saturated rings. The number of nitrogens with one attached hydrogen (secondary N) is 1. The van der Waals surface area contributed by atoms with E-state index in [0.29, 0.717) is 0 Å². The summed E-state index contributed by atoms with van der Waals surface area (Å²) in [5.41, 5.74) is 4.37. The molecule has 1 heterocycles. The number of benzene rings is 1. The SMILES string of the molecule is Cc1ccc(-c2n[nH]nc2CCN(C)C)cc1. The summed E-state index contributed by atoms with van der Waals surface area (Å²) in [5.74, 6) is 0. The van der Waals surface area contributed by atoms with Crippen LogP contribution in [0.25, 0.3) is 11.3 Å². The molecule has 0 amide bonds. The van der Waals surface area contributed by atoms with Crippen LogP contribution in [0.5, 0.6) is 0 Å². The van der Waals surface area contributed by atoms with Gasteiger partial charge in [0, 0.05) is 18.5 Å². The molecule has 1 aromatic carbocycles. The van der Waals surface area contributed by atoms with Crippen molar-refractivity contribution in [2.45, 2.75) is 13.3 Å². The van der Waals surface area contributed by atoms with Gasteiger partial charge >= 0.3 is 0 Å². The first kappa shape index (κ1) is 11.8. The second kappa shape index (κ2) is 5.10. The molecule has 0 aliphatic carbocycles. The Hall–Kier alpha value is -1.68. The van der Waals surface area contributed by atoms with Crippen molar-refractivity contribution in [3.8, 4) is 11.3 Å². The van der Waals surface area contributed by atoms with Crippen LogP contribution >= 0.6 is 0 Å². The summed E-state index contributed by atoms with van der Waals surface area (Å²) < 4.78 is 0. The molecule has 0 aliphatic heterocycles. The number of rotatable bonds is 4. The van der Waals surface area contributed by atoms with E-state index in [-0.39, 0.29) is 0 Å². The van der Waals surface area contributed by atoms with E-state index in [9.17, 15) is 0 Å². The second-order valence-corrected chi connectivity index (χ2v) is 4.54. The summed E-state index contributed by atoms with van der Waals surface area (Å²) in [6.07, 6.45) is 0.909. The van der Waals surface area contributed by atoms with Crippen LogP contribution in [0.3, 0.4) is 0 Å². The number of H-pyrrole nitrogens is 1. The predicted molar refractivity (Wildman–Crippen MR) is 68.8 cm³/mol. The Morgan fingerprint density at radius 1 is 1.12 bits per heavy atom. The maximum absolute atomic E-state index is 4.24. The summed E-state index contributed by atoms with van der Waals surface area (Å²) in [5, 5.41) is 11.2. The van der Waals surface area contributed by atoms with Gasteiger partial charge in [-0.1, -0.05) is 29.8 Å². The first-order chi connectivity index (χ1) is 8.16. The lowest BCUT2D eigenvalue weighted by molar-refractivity contribution is 0.412. The van der Waals surface area contributed by atoms with E-state index < -0.39 is 0 Å². The number of hydrogen-bond acceptors (Lipinski definition) is 3. The third kappa shape index (κ3) is 2.91. The largest absolute Gasteiger partial charge is 0.309 e. The zero-order valence-electron chi connectivity index (χ0n) is 10.6. The number of hydrogen-bond donors (Lipinski definition) is 1. The third-order valence-corrected chi connectivity index (χ3v) is 2.74. The molecule has 0 radical (unpaired) electrons. The van der Waals surface area contributed by atoms with Gasteiger partial charge in [0.25, 0.3) is 0 Å². The molecule has 17 heavy (non-hydrogen) atoms. The van der Waals surface area contributed by atoms with Crippen molar-refractivity contribution >= 4 is 0 Å². The van der Waals surface area contributed by atoms with Gasteiger partial charge in [-0.2, -0.15) is 15.4 Å². The molecule has 4 nitrogen and oxygen atoms in total. The van der Waals surface area contributed by atoms with Crippen molar-refractivity contribution in [1.29, 1.82) is 0 Å². The number of aromatic nitrogens is 3. The first-order valence-electron chi connectivity index (χ1n) is 5.78. The minimum atomic E-state index is 0.909. The van der Waals surface area contributed by atoms with Crippen molar-refractivity contribution in [3.63, 3.8) is 0 Å². The zero-order valence-corrected chi connectivity index (χ0v) is 10.6. The lowest BCUT2D eigenvalue weighted by Crippen LogP contribution is -2.15. The van der Waals surface area contributed by atoms with Crippen LogP contribution in [0.4, 0.5) is 0 Å². The smallest absolute Gasteiger partial charge is 0.116 e. The standard InChI is InChI=1S/C13H18N4/c1-10-4-6-11(7-5-10)13-12(14-16-15-13)8-9-17(2)3/h4-7H,8-9H2,1-3H3,(H,14,15,16). The molecule has 2 rings (SSSR count). The normalized spacial score (nSPS) is 11.1. The van der Waals surface area contributed by atoms with E-state index in [1.165, 1.54) is 5.56 Å². The average molecular weight is 230 g/mol. The zero-order chi connectivity index (χ0) is 12.3. The average Bonchev–Trinajstić information content (AvgIpc) is 2.75. The number of aryl methyl sites for hydroxylation is 1. The molecule has 2 aromatic rings. The van der Waals surface area contributed by atoms with Gasteiger partial charge in [0.2, 0.25) is 0 Å². The first-order valence-corrected chi connectivity index (χ1v) is 5.78. The molecular formula is C13H18N4. The fourth-order valence-electron chi connectivity index (χ4n) is 1.70. The van der Waals surface area contributed by atoms with Gasteiger partial charge in [0.1, 0.15) is 5.69 Å². The van der Waals surface area contributed by atoms with Crippen molar-refractivity contribution in [3.05, 3.63) is 35.5 Å². The molecule has 0 aliphatic rings. The fourth-order valence-corrected chi connectivity index (χ4v) is 1.70. The van der Waals surface area contributed by atoms with Gasteiger partial charge in [-0.25, -0.2) is 0 Å². The highest BCUT2D eigenvalue weighted by Crippen LogP contribution is 2.20. The molecule has 4 heteroatoms. The molecule has 0 saturated carbocycles. The van der Waals surface area contributed by atoms with Crippen molar-refractivity contribution in [2.24, 2.45) is 0 Å². The molecule has 1 aromatic heterocycles. The lowest BCUT2D eigenvalue weighted by Gasteiger charge is -2.08. The Balaban J connectivity index is 2.21. The Labute approximate surface area is 102 Å². The molecule has 0 spiro atoms. The summed E-state index contributed by atoms with van der Waals surface area (Å²) in [7, 11) is 4.12. The van der Waals surface area contributed by atoms with Gasteiger partial charge in [-0.15, -0.1) is 0 Å². The topological polar surface area (TPSA) is 44.8 Å². The predicted octanol–water partition coefficient (Wildman–Crippen LogP) is 1.88. The van der Waals surface area contributed by atoms with Crippen LogP contribution in [0.15, 0.2) is 24.3 Å². The molecule has 0 atom stereocenters. The molecule has 0 saturated heterocycles. The van der Waals surface area contributed by atoms with E-state index in [0.717, 1.165) is 29.9 Å².